The lowest BCUT2D eigenvalue weighted by molar-refractivity contribution is 0.126. The van der Waals surface area contributed by atoms with Gasteiger partial charge in [-0.3, -0.25) is 4.55 Å². The summed E-state index contributed by atoms with van der Waals surface area (Å²) >= 11 is 11.8. The van der Waals surface area contributed by atoms with Crippen LogP contribution in [0, 0.1) is 6.92 Å². The Bertz CT molecular complexity index is 967. The van der Waals surface area contributed by atoms with E-state index < -0.39 is 16.2 Å². The van der Waals surface area contributed by atoms with Crippen molar-refractivity contribution in [3.8, 4) is 0 Å². The predicted molar refractivity (Wildman–Crippen MR) is 112 cm³/mol. The number of nitrogens with zero attached hydrogens (tertiary/aromatic N) is 1. The topological polar surface area (TPSA) is 121 Å². The number of nitrogens with two attached hydrogens (primary N) is 1. The number of likely N-dealkylation sites (tertiary alicyclic amines) is 1. The molecule has 1 heterocycles. The van der Waals surface area contributed by atoms with E-state index in [9.17, 15) is 13.2 Å². The van der Waals surface area contributed by atoms with E-state index in [0.29, 0.717) is 29.6 Å². The Morgan fingerprint density at radius 3 is 2.28 bits per heavy atom. The molecular weight excluding hydrogens is 439 g/mol. The molecule has 0 radical (unpaired) electrons. The van der Waals surface area contributed by atoms with Crippen LogP contribution in [-0.4, -0.2) is 48.2 Å². The van der Waals surface area contributed by atoms with Crippen LogP contribution in [-0.2, 0) is 10.1 Å². The molecule has 158 valence electrons. The third kappa shape index (κ3) is 6.58. The maximum atomic E-state index is 11.0. The zero-order valence-corrected chi connectivity index (χ0v) is 18.0. The van der Waals surface area contributed by atoms with Crippen LogP contribution in [0.3, 0.4) is 0 Å². The summed E-state index contributed by atoms with van der Waals surface area (Å²) in [6.45, 7) is 2.72. The number of hydrogen-bond donors (Lipinski definition) is 3. The summed E-state index contributed by atoms with van der Waals surface area (Å²) in [6, 6.07) is 11.3. The first-order valence-corrected chi connectivity index (χ1v) is 10.9. The number of amides is 1. The molecule has 0 saturated carbocycles. The second kappa shape index (κ2) is 9.77. The van der Waals surface area contributed by atoms with Crippen molar-refractivity contribution >= 4 is 39.4 Å². The molecule has 1 fully saturated rings. The average molecular weight is 461 g/mol. The van der Waals surface area contributed by atoms with Crippen LogP contribution < -0.4 is 5.73 Å². The molecular formula is C19H22Cl2N2O5S. The van der Waals surface area contributed by atoms with E-state index in [4.69, 9.17) is 38.6 Å². The standard InChI is InChI=1S/C12H14Cl2N2O2.C7H8O3S/c13-9-2-1-7(5-10(9)14)8-6-16(12(17)18)4-3-11(8)15;1-6-2-4-7(5-3-6)11(8,9)10/h1-2,5,8,11H,3-4,6,15H2,(H,17,18);2-5H,1H3,(H,8,9,10). The van der Waals surface area contributed by atoms with E-state index in [1.165, 1.54) is 17.0 Å². The van der Waals surface area contributed by atoms with Gasteiger partial charge in [-0.05, 0) is 43.2 Å². The van der Waals surface area contributed by atoms with Crippen molar-refractivity contribution < 1.29 is 22.9 Å². The third-order valence-corrected chi connectivity index (χ3v) is 6.23. The van der Waals surface area contributed by atoms with Gasteiger partial charge in [-0.15, -0.1) is 0 Å². The van der Waals surface area contributed by atoms with Gasteiger partial charge in [0.2, 0.25) is 0 Å². The van der Waals surface area contributed by atoms with Crippen molar-refractivity contribution in [1.82, 2.24) is 4.90 Å². The minimum absolute atomic E-state index is 0.0374. The fourth-order valence-electron chi connectivity index (χ4n) is 2.95. The maximum absolute atomic E-state index is 11.0. The van der Waals surface area contributed by atoms with Crippen LogP contribution in [0.15, 0.2) is 47.4 Å². The van der Waals surface area contributed by atoms with Crippen molar-refractivity contribution in [2.75, 3.05) is 13.1 Å². The molecule has 2 aromatic rings. The Kier molecular flexibility index (Phi) is 7.90. The molecule has 1 aliphatic rings. The van der Waals surface area contributed by atoms with Crippen LogP contribution in [0.25, 0.3) is 0 Å². The van der Waals surface area contributed by atoms with Gasteiger partial charge in [0.1, 0.15) is 0 Å². The molecule has 1 saturated heterocycles. The Morgan fingerprint density at radius 1 is 1.14 bits per heavy atom. The molecule has 7 nitrogen and oxygen atoms in total. The zero-order valence-electron chi connectivity index (χ0n) is 15.6. The van der Waals surface area contributed by atoms with Gasteiger partial charge in [-0.1, -0.05) is 47.0 Å². The predicted octanol–water partition coefficient (Wildman–Crippen LogP) is 4.03. The first-order valence-electron chi connectivity index (χ1n) is 8.71. The summed E-state index contributed by atoms with van der Waals surface area (Å²) in [5.74, 6) is -0.0374. The van der Waals surface area contributed by atoms with Crippen LogP contribution in [0.2, 0.25) is 10.0 Å². The van der Waals surface area contributed by atoms with E-state index in [0.717, 1.165) is 11.1 Å². The van der Waals surface area contributed by atoms with Gasteiger partial charge in [0.15, 0.2) is 0 Å². The van der Waals surface area contributed by atoms with Gasteiger partial charge in [0.05, 0.1) is 14.9 Å². The van der Waals surface area contributed by atoms with E-state index in [1.54, 1.807) is 24.3 Å². The highest BCUT2D eigenvalue weighted by molar-refractivity contribution is 7.85. The molecule has 3 rings (SSSR count). The van der Waals surface area contributed by atoms with Gasteiger partial charge in [-0.25, -0.2) is 4.79 Å². The van der Waals surface area contributed by atoms with E-state index in [1.807, 2.05) is 13.0 Å². The molecule has 29 heavy (non-hydrogen) atoms. The highest BCUT2D eigenvalue weighted by atomic mass is 35.5. The molecule has 0 spiro atoms. The van der Waals surface area contributed by atoms with E-state index in [2.05, 4.69) is 0 Å². The van der Waals surface area contributed by atoms with Gasteiger partial charge in [-0.2, -0.15) is 8.42 Å². The van der Waals surface area contributed by atoms with Gasteiger partial charge in [0.25, 0.3) is 10.1 Å². The third-order valence-electron chi connectivity index (χ3n) is 4.63. The Hall–Kier alpha value is -1.84. The number of carboxylic acid groups (broad SMARTS) is 1. The summed E-state index contributed by atoms with van der Waals surface area (Å²) < 4.78 is 29.6. The van der Waals surface area contributed by atoms with Crippen LogP contribution >= 0.6 is 23.2 Å². The fourth-order valence-corrected chi connectivity index (χ4v) is 3.74. The van der Waals surface area contributed by atoms with Crippen molar-refractivity contribution in [3.63, 3.8) is 0 Å². The Morgan fingerprint density at radius 2 is 1.76 bits per heavy atom. The summed E-state index contributed by atoms with van der Waals surface area (Å²) in [6.07, 6.45) is -0.260. The Labute approximate surface area is 179 Å². The first kappa shape index (κ1) is 23.4. The van der Waals surface area contributed by atoms with Crippen LogP contribution in [0.1, 0.15) is 23.5 Å². The molecule has 2 aromatic carbocycles. The van der Waals surface area contributed by atoms with Crippen molar-refractivity contribution in [1.29, 1.82) is 0 Å². The summed E-state index contributed by atoms with van der Waals surface area (Å²) in [7, 11) is -4.02. The highest BCUT2D eigenvalue weighted by Gasteiger charge is 2.30. The quantitative estimate of drug-likeness (QED) is 0.581. The number of benzene rings is 2. The molecule has 10 heteroatoms. The normalized spacial score (nSPS) is 19.3. The molecule has 0 aliphatic carbocycles. The second-order valence-electron chi connectivity index (χ2n) is 6.75. The summed E-state index contributed by atoms with van der Waals surface area (Å²) in [5.41, 5.74) is 7.95. The van der Waals surface area contributed by atoms with Crippen molar-refractivity contribution in [3.05, 3.63) is 63.6 Å². The monoisotopic (exact) mass is 460 g/mol. The maximum Gasteiger partial charge on any atom is 0.407 e. The van der Waals surface area contributed by atoms with Gasteiger partial charge in [0, 0.05) is 25.0 Å². The molecule has 1 aliphatic heterocycles. The fraction of sp³-hybridized carbons (Fsp3) is 0.316. The molecule has 0 aromatic heterocycles. The lowest BCUT2D eigenvalue weighted by Gasteiger charge is -2.35. The Balaban J connectivity index is 0.000000234. The summed E-state index contributed by atoms with van der Waals surface area (Å²) in [4.78, 5) is 12.3. The van der Waals surface area contributed by atoms with E-state index >= 15 is 0 Å². The number of halogens is 2. The number of aryl methyl sites for hydroxylation is 1. The molecule has 2 atom stereocenters. The smallest absolute Gasteiger partial charge is 0.407 e. The summed E-state index contributed by atoms with van der Waals surface area (Å²) in [5, 5.41) is 9.98. The number of hydrogen-bond acceptors (Lipinski definition) is 4. The van der Waals surface area contributed by atoms with Crippen LogP contribution in [0.5, 0.6) is 0 Å². The highest BCUT2D eigenvalue weighted by Crippen LogP contribution is 2.31. The number of piperidine rings is 1. The van der Waals surface area contributed by atoms with Crippen LogP contribution in [0.4, 0.5) is 4.79 Å². The van der Waals surface area contributed by atoms with E-state index in [-0.39, 0.29) is 16.9 Å². The molecule has 2 unspecified atom stereocenters. The lowest BCUT2D eigenvalue weighted by atomic mass is 9.87. The largest absolute Gasteiger partial charge is 0.465 e. The minimum Gasteiger partial charge on any atom is -0.465 e. The van der Waals surface area contributed by atoms with Gasteiger partial charge >= 0.3 is 6.09 Å². The lowest BCUT2D eigenvalue weighted by Crippen LogP contribution is -2.47. The second-order valence-corrected chi connectivity index (χ2v) is 8.99. The average Bonchev–Trinajstić information content (AvgIpc) is 2.64. The first-order chi connectivity index (χ1) is 13.5. The van der Waals surface area contributed by atoms with Gasteiger partial charge < -0.3 is 15.7 Å². The molecule has 1 amide bonds. The number of rotatable bonds is 2. The minimum atomic E-state index is -4.02. The SMILES string of the molecule is Cc1ccc(S(=O)(=O)O)cc1.NC1CCN(C(=O)O)CC1c1ccc(Cl)c(Cl)c1. The zero-order chi connectivity index (χ0) is 21.8. The van der Waals surface area contributed by atoms with Crippen molar-refractivity contribution in [2.45, 2.75) is 30.2 Å². The van der Waals surface area contributed by atoms with Crippen molar-refractivity contribution in [2.24, 2.45) is 5.73 Å². The molecule has 0 bridgehead atoms. The number of carbonyl (C=O) groups is 1. The molecule has 4 N–H and O–H groups in total.